The Morgan fingerprint density at radius 2 is 1.50 bits per heavy atom. The fourth-order valence-corrected chi connectivity index (χ4v) is 1.49. The molecule has 0 aliphatic heterocycles. The van der Waals surface area contributed by atoms with Crippen LogP contribution in [-0.4, -0.2) is 30.1 Å². The number of rotatable bonds is 6. The number of hydrogen-bond donors (Lipinski definition) is 1. The highest BCUT2D eigenvalue weighted by Crippen LogP contribution is 2.10. The van der Waals surface area contributed by atoms with Gasteiger partial charge in [0, 0.05) is 25.2 Å². The van der Waals surface area contributed by atoms with Gasteiger partial charge >= 0.3 is 0 Å². The highest BCUT2D eigenvalue weighted by Gasteiger charge is 2.15. The molecule has 0 radical (unpaired) electrons. The highest BCUT2D eigenvalue weighted by molar-refractivity contribution is 4.71. The summed E-state index contributed by atoms with van der Waals surface area (Å²) in [6.45, 7) is 10.8. The minimum Gasteiger partial charge on any atom is -0.329 e. The van der Waals surface area contributed by atoms with E-state index in [0.29, 0.717) is 12.1 Å². The normalized spacial score (nSPS) is 16.5. The van der Waals surface area contributed by atoms with E-state index < -0.39 is 0 Å². The molecule has 0 aliphatic carbocycles. The smallest absolute Gasteiger partial charge is 0.0110 e. The third-order valence-electron chi connectivity index (χ3n) is 2.70. The summed E-state index contributed by atoms with van der Waals surface area (Å²) in [7, 11) is 0. The molecule has 2 heteroatoms. The monoisotopic (exact) mass is 172 g/mol. The van der Waals surface area contributed by atoms with Crippen LogP contribution in [0.5, 0.6) is 0 Å². The molecule has 0 aromatic rings. The Hall–Kier alpha value is -0.0800. The van der Waals surface area contributed by atoms with Crippen molar-refractivity contribution < 1.29 is 0 Å². The summed E-state index contributed by atoms with van der Waals surface area (Å²) in [5.74, 6) is 0. The van der Waals surface area contributed by atoms with E-state index >= 15 is 0 Å². The SMILES string of the molecule is CCC(C)N(CCN)C(C)CC. The van der Waals surface area contributed by atoms with Gasteiger partial charge in [-0.3, -0.25) is 4.90 Å². The van der Waals surface area contributed by atoms with Gasteiger partial charge < -0.3 is 5.73 Å². The van der Waals surface area contributed by atoms with Crippen LogP contribution in [-0.2, 0) is 0 Å². The number of hydrogen-bond acceptors (Lipinski definition) is 2. The maximum atomic E-state index is 5.57. The van der Waals surface area contributed by atoms with E-state index in [4.69, 9.17) is 5.73 Å². The molecule has 0 aromatic heterocycles. The Morgan fingerprint density at radius 1 is 1.08 bits per heavy atom. The van der Waals surface area contributed by atoms with Crippen LogP contribution in [0.3, 0.4) is 0 Å². The summed E-state index contributed by atoms with van der Waals surface area (Å²) >= 11 is 0. The van der Waals surface area contributed by atoms with Crippen molar-refractivity contribution in [2.24, 2.45) is 5.73 Å². The zero-order valence-electron chi connectivity index (χ0n) is 9.01. The van der Waals surface area contributed by atoms with E-state index in [2.05, 4.69) is 32.6 Å². The van der Waals surface area contributed by atoms with Gasteiger partial charge in [0.1, 0.15) is 0 Å². The van der Waals surface area contributed by atoms with Crippen LogP contribution in [0.4, 0.5) is 0 Å². The molecule has 2 unspecified atom stereocenters. The zero-order chi connectivity index (χ0) is 9.56. The zero-order valence-corrected chi connectivity index (χ0v) is 9.01. The molecule has 0 rings (SSSR count). The second-order valence-corrected chi connectivity index (χ2v) is 3.54. The Balaban J connectivity index is 4.01. The molecule has 12 heavy (non-hydrogen) atoms. The summed E-state index contributed by atoms with van der Waals surface area (Å²) < 4.78 is 0. The maximum Gasteiger partial charge on any atom is 0.0110 e. The van der Waals surface area contributed by atoms with Crippen molar-refractivity contribution in [3.63, 3.8) is 0 Å². The third kappa shape index (κ3) is 3.55. The minimum atomic E-state index is 0.670. The molecule has 0 fully saturated rings. The van der Waals surface area contributed by atoms with Crippen LogP contribution in [0.15, 0.2) is 0 Å². The van der Waals surface area contributed by atoms with Crippen molar-refractivity contribution in [3.8, 4) is 0 Å². The van der Waals surface area contributed by atoms with Crippen LogP contribution >= 0.6 is 0 Å². The van der Waals surface area contributed by atoms with Crippen molar-refractivity contribution >= 4 is 0 Å². The summed E-state index contributed by atoms with van der Waals surface area (Å²) in [5, 5.41) is 0. The van der Waals surface area contributed by atoms with Gasteiger partial charge in [0.2, 0.25) is 0 Å². The van der Waals surface area contributed by atoms with Crippen molar-refractivity contribution in [2.45, 2.75) is 52.6 Å². The largest absolute Gasteiger partial charge is 0.329 e. The molecule has 0 aromatic carbocycles. The Kier molecular flexibility index (Phi) is 6.39. The molecular formula is C10H24N2. The second-order valence-electron chi connectivity index (χ2n) is 3.54. The molecule has 0 amide bonds. The molecule has 2 nitrogen and oxygen atoms in total. The molecule has 0 saturated heterocycles. The highest BCUT2D eigenvalue weighted by atomic mass is 15.2. The van der Waals surface area contributed by atoms with Gasteiger partial charge in [-0.15, -0.1) is 0 Å². The average Bonchev–Trinajstić information content (AvgIpc) is 2.11. The molecule has 0 bridgehead atoms. The lowest BCUT2D eigenvalue weighted by molar-refractivity contribution is 0.151. The van der Waals surface area contributed by atoms with E-state index in [-0.39, 0.29) is 0 Å². The van der Waals surface area contributed by atoms with Crippen molar-refractivity contribution in [2.75, 3.05) is 13.1 Å². The molecule has 0 aliphatic rings. The average molecular weight is 172 g/mol. The van der Waals surface area contributed by atoms with Crippen LogP contribution in [0.1, 0.15) is 40.5 Å². The lowest BCUT2D eigenvalue weighted by atomic mass is 10.1. The molecule has 74 valence electrons. The summed E-state index contributed by atoms with van der Waals surface area (Å²) in [4.78, 5) is 2.50. The first-order chi connectivity index (χ1) is 5.67. The number of nitrogens with zero attached hydrogens (tertiary/aromatic N) is 1. The summed E-state index contributed by atoms with van der Waals surface area (Å²) in [5.41, 5.74) is 5.57. The lowest BCUT2D eigenvalue weighted by Crippen LogP contribution is -2.42. The van der Waals surface area contributed by atoms with Gasteiger partial charge in [0.15, 0.2) is 0 Å². The van der Waals surface area contributed by atoms with Crippen LogP contribution < -0.4 is 5.73 Å². The van der Waals surface area contributed by atoms with Crippen LogP contribution in [0, 0.1) is 0 Å². The Labute approximate surface area is 77.1 Å². The predicted octanol–water partition coefficient (Wildman–Crippen LogP) is 1.84. The lowest BCUT2D eigenvalue weighted by Gasteiger charge is -2.33. The van der Waals surface area contributed by atoms with Gasteiger partial charge in [-0.25, -0.2) is 0 Å². The van der Waals surface area contributed by atoms with Gasteiger partial charge in [-0.1, -0.05) is 13.8 Å². The topological polar surface area (TPSA) is 29.3 Å². The second kappa shape index (κ2) is 6.44. The quantitative estimate of drug-likeness (QED) is 0.662. The van der Waals surface area contributed by atoms with Crippen LogP contribution in [0.25, 0.3) is 0 Å². The van der Waals surface area contributed by atoms with E-state index in [1.54, 1.807) is 0 Å². The Bertz CT molecular complexity index is 94.0. The third-order valence-corrected chi connectivity index (χ3v) is 2.70. The molecule has 2 N–H and O–H groups in total. The first kappa shape index (κ1) is 11.9. The van der Waals surface area contributed by atoms with E-state index in [1.807, 2.05) is 0 Å². The first-order valence-corrected chi connectivity index (χ1v) is 5.13. The van der Waals surface area contributed by atoms with Gasteiger partial charge in [-0.05, 0) is 26.7 Å². The van der Waals surface area contributed by atoms with Crippen LogP contribution in [0.2, 0.25) is 0 Å². The number of nitrogens with two attached hydrogens (primary N) is 1. The Morgan fingerprint density at radius 3 is 1.75 bits per heavy atom. The minimum absolute atomic E-state index is 0.670. The maximum absolute atomic E-state index is 5.57. The predicted molar refractivity (Wildman–Crippen MR) is 55.3 cm³/mol. The summed E-state index contributed by atoms with van der Waals surface area (Å²) in [6, 6.07) is 1.34. The van der Waals surface area contributed by atoms with Crippen molar-refractivity contribution in [1.82, 2.24) is 4.90 Å². The molecule has 0 saturated carbocycles. The molecule has 0 heterocycles. The molecular weight excluding hydrogens is 148 g/mol. The van der Waals surface area contributed by atoms with E-state index in [0.717, 1.165) is 13.1 Å². The standard InChI is InChI=1S/C10H24N2/c1-5-9(3)12(8-7-11)10(4)6-2/h9-10H,5-8,11H2,1-4H3. The van der Waals surface area contributed by atoms with Gasteiger partial charge in [-0.2, -0.15) is 0 Å². The fourth-order valence-electron chi connectivity index (χ4n) is 1.49. The summed E-state index contributed by atoms with van der Waals surface area (Å²) in [6.07, 6.45) is 2.43. The van der Waals surface area contributed by atoms with Gasteiger partial charge in [0.05, 0.1) is 0 Å². The van der Waals surface area contributed by atoms with Gasteiger partial charge in [0.25, 0.3) is 0 Å². The molecule has 2 atom stereocenters. The molecule has 0 spiro atoms. The van der Waals surface area contributed by atoms with E-state index in [9.17, 15) is 0 Å². The van der Waals surface area contributed by atoms with Crippen molar-refractivity contribution in [3.05, 3.63) is 0 Å². The fraction of sp³-hybridized carbons (Fsp3) is 1.00. The van der Waals surface area contributed by atoms with Crippen molar-refractivity contribution in [1.29, 1.82) is 0 Å². The first-order valence-electron chi connectivity index (χ1n) is 5.13. The van der Waals surface area contributed by atoms with E-state index in [1.165, 1.54) is 12.8 Å².